The van der Waals surface area contributed by atoms with E-state index in [1.807, 2.05) is 6.07 Å². The van der Waals surface area contributed by atoms with Crippen LogP contribution in [-0.2, 0) is 0 Å². The summed E-state index contributed by atoms with van der Waals surface area (Å²) in [5.74, 6) is -0.273. The third-order valence-corrected chi connectivity index (χ3v) is 2.11. The van der Waals surface area contributed by atoms with E-state index in [0.717, 1.165) is 4.68 Å². The molecule has 0 aliphatic rings. The molecule has 2 rings (SSSR count). The van der Waals surface area contributed by atoms with Gasteiger partial charge in [-0.15, -0.1) is 0 Å². The highest BCUT2D eigenvalue weighted by molar-refractivity contribution is 6.30. The van der Waals surface area contributed by atoms with Crippen LogP contribution >= 0.6 is 11.6 Å². The van der Waals surface area contributed by atoms with E-state index in [1.54, 1.807) is 6.07 Å². The number of hydrogen-bond acceptors (Lipinski definition) is 4. The average Bonchev–Trinajstić information content (AvgIpc) is 2.59. The predicted octanol–water partition coefficient (Wildman–Crippen LogP) is 1.62. The minimum atomic E-state index is -0.273. The summed E-state index contributed by atoms with van der Waals surface area (Å²) >= 11 is 5.71. The third kappa shape index (κ3) is 1.45. The Bertz CT molecular complexity index is 596. The number of carbonyl (C=O) groups is 1. The normalized spacial score (nSPS) is 10.2. The Hall–Kier alpha value is -1.93. The monoisotopic (exact) mass is 220 g/mol. The molecular weight excluding hydrogens is 216 g/mol. The van der Waals surface area contributed by atoms with Gasteiger partial charge in [0.25, 0.3) is 0 Å². The van der Waals surface area contributed by atoms with E-state index in [0.29, 0.717) is 10.9 Å². The Morgan fingerprint density at radius 3 is 3.00 bits per heavy atom. The van der Waals surface area contributed by atoms with Gasteiger partial charge in [-0.2, -0.15) is 15.0 Å². The highest BCUT2D eigenvalue weighted by Crippen LogP contribution is 2.20. The van der Waals surface area contributed by atoms with Crippen molar-refractivity contribution in [3.63, 3.8) is 0 Å². The fourth-order valence-corrected chi connectivity index (χ4v) is 1.54. The van der Waals surface area contributed by atoms with Gasteiger partial charge in [0.1, 0.15) is 16.7 Å². The van der Waals surface area contributed by atoms with Crippen molar-refractivity contribution in [1.29, 1.82) is 5.26 Å². The number of halogens is 1. The summed E-state index contributed by atoms with van der Waals surface area (Å²) in [6.07, 6.45) is 1.48. The molecule has 2 aromatic rings. The van der Waals surface area contributed by atoms with E-state index in [9.17, 15) is 4.79 Å². The molecule has 0 aliphatic heterocycles. The molecule has 0 radical (unpaired) electrons. The molecule has 0 fully saturated rings. The Morgan fingerprint density at radius 1 is 1.67 bits per heavy atom. The van der Waals surface area contributed by atoms with Crippen LogP contribution in [0, 0.1) is 11.3 Å². The van der Waals surface area contributed by atoms with Gasteiger partial charge >= 0.3 is 0 Å². The van der Waals surface area contributed by atoms with Gasteiger partial charge in [0.15, 0.2) is 5.69 Å². The number of fused-ring (bicyclic) bond motifs is 1. The number of nitriles is 1. The largest absolute Gasteiger partial charge is 0.273 e. The first kappa shape index (κ1) is 9.62. The Balaban J connectivity index is 2.91. The molecule has 0 spiro atoms. The van der Waals surface area contributed by atoms with Crippen LogP contribution in [0.25, 0.3) is 10.9 Å². The summed E-state index contributed by atoms with van der Waals surface area (Å²) in [4.78, 5) is 15.0. The molecule has 0 aromatic carbocycles. The van der Waals surface area contributed by atoms with Crippen molar-refractivity contribution in [3.8, 4) is 6.07 Å². The number of aromatic nitrogens is 3. The van der Waals surface area contributed by atoms with Gasteiger partial charge in [-0.05, 0) is 6.07 Å². The van der Waals surface area contributed by atoms with Crippen molar-refractivity contribution in [3.05, 3.63) is 23.1 Å². The molecule has 6 heteroatoms. The lowest BCUT2D eigenvalue weighted by Crippen LogP contribution is -2.08. The van der Waals surface area contributed by atoms with E-state index in [-0.39, 0.29) is 16.8 Å². The van der Waals surface area contributed by atoms with Crippen LogP contribution in [0.5, 0.6) is 0 Å². The lowest BCUT2D eigenvalue weighted by Gasteiger charge is -1.98. The van der Waals surface area contributed by atoms with Gasteiger partial charge in [0, 0.05) is 12.3 Å². The lowest BCUT2D eigenvalue weighted by atomic mass is 10.2. The van der Waals surface area contributed by atoms with Crippen molar-refractivity contribution in [2.75, 3.05) is 0 Å². The second-order valence-corrected chi connectivity index (χ2v) is 3.31. The molecule has 0 bridgehead atoms. The summed E-state index contributed by atoms with van der Waals surface area (Å²) in [5, 5.41) is 13.6. The average molecular weight is 221 g/mol. The number of carbonyl (C=O) groups excluding carboxylic acids is 1. The maximum Gasteiger partial charge on any atom is 0.244 e. The summed E-state index contributed by atoms with van der Waals surface area (Å²) in [6, 6.07) is 3.44. The standard InChI is InChI=1S/C9H5ClN4O/c1-5(15)14-9-6(4-12-14)2-8(10)13-7(9)3-11/h2,4H,1H3. The molecule has 0 atom stereocenters. The molecule has 0 aliphatic carbocycles. The molecule has 0 saturated carbocycles. The second kappa shape index (κ2) is 3.33. The topological polar surface area (TPSA) is 71.6 Å². The zero-order valence-corrected chi connectivity index (χ0v) is 8.49. The first-order valence-corrected chi connectivity index (χ1v) is 4.46. The minimum Gasteiger partial charge on any atom is -0.273 e. The number of rotatable bonds is 0. The molecule has 5 nitrogen and oxygen atoms in total. The number of pyridine rings is 1. The van der Waals surface area contributed by atoms with Crippen molar-refractivity contribution in [2.24, 2.45) is 0 Å². The number of hydrogen-bond donors (Lipinski definition) is 0. The smallest absolute Gasteiger partial charge is 0.244 e. The highest BCUT2D eigenvalue weighted by Gasteiger charge is 2.13. The third-order valence-electron chi connectivity index (χ3n) is 1.92. The molecule has 2 aromatic heterocycles. The van der Waals surface area contributed by atoms with Crippen LogP contribution in [0.4, 0.5) is 0 Å². The Morgan fingerprint density at radius 2 is 2.40 bits per heavy atom. The van der Waals surface area contributed by atoms with Crippen LogP contribution in [0.3, 0.4) is 0 Å². The van der Waals surface area contributed by atoms with E-state index in [4.69, 9.17) is 16.9 Å². The molecule has 0 unspecified atom stereocenters. The molecular formula is C9H5ClN4O. The lowest BCUT2D eigenvalue weighted by molar-refractivity contribution is 0.0926. The van der Waals surface area contributed by atoms with Crippen molar-refractivity contribution < 1.29 is 4.79 Å². The predicted molar refractivity (Wildman–Crippen MR) is 53.6 cm³/mol. The van der Waals surface area contributed by atoms with Gasteiger partial charge in [0.2, 0.25) is 5.91 Å². The first-order chi connectivity index (χ1) is 7.13. The SMILES string of the molecule is CC(=O)n1ncc2cc(Cl)nc(C#N)c21. The van der Waals surface area contributed by atoms with Crippen LogP contribution in [0.15, 0.2) is 12.3 Å². The second-order valence-electron chi connectivity index (χ2n) is 2.92. The van der Waals surface area contributed by atoms with Crippen molar-refractivity contribution >= 4 is 28.4 Å². The van der Waals surface area contributed by atoms with E-state index < -0.39 is 0 Å². The van der Waals surface area contributed by atoms with Crippen LogP contribution in [0.1, 0.15) is 17.4 Å². The molecule has 15 heavy (non-hydrogen) atoms. The van der Waals surface area contributed by atoms with Crippen molar-refractivity contribution in [2.45, 2.75) is 6.92 Å². The first-order valence-electron chi connectivity index (χ1n) is 4.09. The van der Waals surface area contributed by atoms with Gasteiger partial charge < -0.3 is 0 Å². The van der Waals surface area contributed by atoms with Gasteiger partial charge in [0.05, 0.1) is 6.20 Å². The quantitative estimate of drug-likeness (QED) is 0.633. The van der Waals surface area contributed by atoms with Gasteiger partial charge in [-0.3, -0.25) is 4.79 Å². The van der Waals surface area contributed by atoms with Crippen molar-refractivity contribution in [1.82, 2.24) is 14.8 Å². The summed E-state index contributed by atoms with van der Waals surface area (Å²) < 4.78 is 1.14. The molecule has 0 saturated heterocycles. The summed E-state index contributed by atoms with van der Waals surface area (Å²) in [6.45, 7) is 1.36. The van der Waals surface area contributed by atoms with E-state index in [1.165, 1.54) is 13.1 Å². The highest BCUT2D eigenvalue weighted by atomic mass is 35.5. The zero-order chi connectivity index (χ0) is 11.0. The fourth-order valence-electron chi connectivity index (χ4n) is 1.34. The van der Waals surface area contributed by atoms with Crippen LogP contribution in [0.2, 0.25) is 5.15 Å². The Kier molecular flexibility index (Phi) is 2.14. The van der Waals surface area contributed by atoms with Gasteiger partial charge in [-0.1, -0.05) is 11.6 Å². The molecule has 0 N–H and O–H groups in total. The molecule has 0 amide bonds. The Labute approximate surface area is 89.9 Å². The summed E-state index contributed by atoms with van der Waals surface area (Å²) in [7, 11) is 0. The maximum absolute atomic E-state index is 11.2. The fraction of sp³-hybridized carbons (Fsp3) is 0.111. The minimum absolute atomic E-state index is 0.102. The number of nitrogens with zero attached hydrogens (tertiary/aromatic N) is 4. The van der Waals surface area contributed by atoms with Gasteiger partial charge in [-0.25, -0.2) is 4.98 Å². The van der Waals surface area contributed by atoms with Crippen LogP contribution < -0.4 is 0 Å². The molecule has 74 valence electrons. The van der Waals surface area contributed by atoms with E-state index in [2.05, 4.69) is 10.1 Å². The molecule has 2 heterocycles. The van der Waals surface area contributed by atoms with E-state index >= 15 is 0 Å². The summed E-state index contributed by atoms with van der Waals surface area (Å²) in [5.41, 5.74) is 0.500. The maximum atomic E-state index is 11.2. The zero-order valence-electron chi connectivity index (χ0n) is 7.73. The van der Waals surface area contributed by atoms with Crippen LogP contribution in [-0.4, -0.2) is 20.7 Å².